The smallest absolute Gasteiger partial charge is 0.271 e. The molecule has 3 unspecified atom stereocenters. The van der Waals surface area contributed by atoms with Crippen LogP contribution in [0.5, 0.6) is 5.75 Å². The normalized spacial score (nSPS) is 24.7. The number of nitrogens with zero attached hydrogens (tertiary/aromatic N) is 2. The van der Waals surface area contributed by atoms with Gasteiger partial charge in [0.1, 0.15) is 11.4 Å². The van der Waals surface area contributed by atoms with Gasteiger partial charge in [-0.15, -0.1) is 12.4 Å². The van der Waals surface area contributed by atoms with Crippen LogP contribution in [0, 0.1) is 11.8 Å². The molecule has 1 aliphatic carbocycles. The first-order valence-corrected chi connectivity index (χ1v) is 8.40. The Morgan fingerprint density at radius 1 is 1.28 bits per heavy atom. The van der Waals surface area contributed by atoms with E-state index in [1.54, 1.807) is 7.11 Å². The summed E-state index contributed by atoms with van der Waals surface area (Å²) in [7, 11) is 1.64. The van der Waals surface area contributed by atoms with E-state index in [9.17, 15) is 4.79 Å². The molecule has 1 aromatic carbocycles. The number of hydrogen-bond acceptors (Lipinski definition) is 4. The summed E-state index contributed by atoms with van der Waals surface area (Å²) in [6.07, 6.45) is 2.22. The summed E-state index contributed by atoms with van der Waals surface area (Å²) < 4.78 is 5.16. The highest BCUT2D eigenvalue weighted by molar-refractivity contribution is 5.93. The van der Waals surface area contributed by atoms with Crippen molar-refractivity contribution < 1.29 is 9.53 Å². The van der Waals surface area contributed by atoms with Crippen LogP contribution in [0.25, 0.3) is 11.3 Å². The molecule has 2 fully saturated rings. The van der Waals surface area contributed by atoms with Gasteiger partial charge in [-0.1, -0.05) is 0 Å². The number of H-pyrrole nitrogens is 1. The van der Waals surface area contributed by atoms with Crippen molar-refractivity contribution in [2.75, 3.05) is 20.2 Å². The molecule has 0 bridgehead atoms. The third-order valence-corrected chi connectivity index (χ3v) is 5.39. The molecule has 7 heteroatoms. The zero-order valence-electron chi connectivity index (χ0n) is 14.1. The Kier molecular flexibility index (Phi) is 5.01. The standard InChI is InChI=1S/C18H22N4O2.ClH/c1-24-13-5-2-11(3-6-13)16-8-17(21-20-16)18(23)22-9-12-4-7-15(19)14(12)10-22;/h2-3,5-6,8,12,14-15H,4,7,9-10,19H2,1H3,(H,20,21);1H. The fourth-order valence-corrected chi connectivity index (χ4v) is 3.98. The number of rotatable bonds is 3. The molecular weight excluding hydrogens is 340 g/mol. The van der Waals surface area contributed by atoms with Crippen LogP contribution in [-0.4, -0.2) is 47.2 Å². The van der Waals surface area contributed by atoms with Crippen molar-refractivity contribution >= 4 is 18.3 Å². The summed E-state index contributed by atoms with van der Waals surface area (Å²) in [5.41, 5.74) is 8.40. The molecule has 1 saturated carbocycles. The number of nitrogens with two attached hydrogens (primary N) is 1. The number of carbonyl (C=O) groups excluding carboxylic acids is 1. The predicted octanol–water partition coefficient (Wildman–Crippen LogP) is 2.32. The molecule has 1 aliphatic heterocycles. The van der Waals surface area contributed by atoms with Gasteiger partial charge in [-0.2, -0.15) is 5.10 Å². The zero-order chi connectivity index (χ0) is 16.7. The first kappa shape index (κ1) is 17.8. The van der Waals surface area contributed by atoms with Gasteiger partial charge in [0.15, 0.2) is 0 Å². The van der Waals surface area contributed by atoms with E-state index >= 15 is 0 Å². The number of nitrogens with one attached hydrogen (secondary N) is 1. The fraction of sp³-hybridized carbons (Fsp3) is 0.444. The van der Waals surface area contributed by atoms with Gasteiger partial charge in [-0.25, -0.2) is 0 Å². The third-order valence-electron chi connectivity index (χ3n) is 5.39. The largest absolute Gasteiger partial charge is 0.497 e. The zero-order valence-corrected chi connectivity index (χ0v) is 15.0. The summed E-state index contributed by atoms with van der Waals surface area (Å²) in [5, 5.41) is 7.17. The molecule has 1 amide bonds. The monoisotopic (exact) mass is 362 g/mol. The second-order valence-corrected chi connectivity index (χ2v) is 6.77. The van der Waals surface area contributed by atoms with E-state index in [0.717, 1.165) is 42.9 Å². The van der Waals surface area contributed by atoms with Crippen LogP contribution in [0.2, 0.25) is 0 Å². The topological polar surface area (TPSA) is 84.2 Å². The number of amides is 1. The molecule has 3 N–H and O–H groups in total. The number of benzene rings is 1. The average Bonchev–Trinajstić information content (AvgIpc) is 3.32. The van der Waals surface area contributed by atoms with Crippen molar-refractivity contribution in [3.8, 4) is 17.0 Å². The lowest BCUT2D eigenvalue weighted by atomic mass is 9.98. The van der Waals surface area contributed by atoms with E-state index in [1.807, 2.05) is 35.2 Å². The van der Waals surface area contributed by atoms with Crippen LogP contribution >= 0.6 is 12.4 Å². The molecule has 0 radical (unpaired) electrons. The Hall–Kier alpha value is -2.05. The van der Waals surface area contributed by atoms with Crippen LogP contribution < -0.4 is 10.5 Å². The Bertz CT molecular complexity index is 746. The minimum absolute atomic E-state index is 0. The van der Waals surface area contributed by atoms with Gasteiger partial charge in [0, 0.05) is 24.7 Å². The molecule has 2 heterocycles. The van der Waals surface area contributed by atoms with Gasteiger partial charge in [0.2, 0.25) is 0 Å². The van der Waals surface area contributed by atoms with Gasteiger partial charge in [0.25, 0.3) is 5.91 Å². The quantitative estimate of drug-likeness (QED) is 0.877. The van der Waals surface area contributed by atoms with E-state index in [2.05, 4.69) is 10.2 Å². The van der Waals surface area contributed by atoms with Gasteiger partial charge in [0.05, 0.1) is 12.8 Å². The van der Waals surface area contributed by atoms with Crippen LogP contribution in [0.15, 0.2) is 30.3 Å². The minimum atomic E-state index is 0. The van der Waals surface area contributed by atoms with E-state index < -0.39 is 0 Å². The number of halogens is 1. The lowest BCUT2D eigenvalue weighted by Crippen LogP contribution is -2.33. The van der Waals surface area contributed by atoms with Crippen LogP contribution in [0.4, 0.5) is 0 Å². The van der Waals surface area contributed by atoms with Crippen molar-refractivity contribution in [1.29, 1.82) is 0 Å². The number of carbonyl (C=O) groups is 1. The summed E-state index contributed by atoms with van der Waals surface area (Å²) in [6.45, 7) is 1.58. The summed E-state index contributed by atoms with van der Waals surface area (Å²) >= 11 is 0. The maximum Gasteiger partial charge on any atom is 0.271 e. The molecule has 2 aliphatic rings. The first-order valence-electron chi connectivity index (χ1n) is 8.40. The van der Waals surface area contributed by atoms with Gasteiger partial charge >= 0.3 is 0 Å². The highest BCUT2D eigenvalue weighted by atomic mass is 35.5. The average molecular weight is 363 g/mol. The van der Waals surface area contributed by atoms with E-state index in [-0.39, 0.29) is 24.4 Å². The molecule has 134 valence electrons. The van der Waals surface area contributed by atoms with E-state index in [0.29, 0.717) is 17.5 Å². The first-order chi connectivity index (χ1) is 11.7. The molecule has 2 aromatic rings. The summed E-state index contributed by atoms with van der Waals surface area (Å²) in [5.74, 6) is 1.83. The van der Waals surface area contributed by atoms with Crippen molar-refractivity contribution in [1.82, 2.24) is 15.1 Å². The lowest BCUT2D eigenvalue weighted by molar-refractivity contribution is 0.0773. The lowest BCUT2D eigenvalue weighted by Gasteiger charge is -2.17. The SMILES string of the molecule is COc1ccc(-c2cc(C(=O)N3CC4CCC(N)C4C3)[nH]n2)cc1.Cl. The van der Waals surface area contributed by atoms with Gasteiger partial charge in [-0.05, 0) is 55.0 Å². The maximum atomic E-state index is 12.7. The van der Waals surface area contributed by atoms with E-state index in [4.69, 9.17) is 10.5 Å². The number of methoxy groups -OCH3 is 1. The Morgan fingerprint density at radius 3 is 2.72 bits per heavy atom. The second-order valence-electron chi connectivity index (χ2n) is 6.77. The van der Waals surface area contributed by atoms with Crippen LogP contribution in [0.3, 0.4) is 0 Å². The number of hydrogen-bond donors (Lipinski definition) is 2. The number of aromatic amines is 1. The highest BCUT2D eigenvalue weighted by Gasteiger charge is 2.42. The minimum Gasteiger partial charge on any atom is -0.497 e. The Morgan fingerprint density at radius 2 is 2.04 bits per heavy atom. The molecule has 25 heavy (non-hydrogen) atoms. The highest BCUT2D eigenvalue weighted by Crippen LogP contribution is 2.37. The third kappa shape index (κ3) is 3.24. The number of ether oxygens (including phenoxy) is 1. The number of aromatic nitrogens is 2. The van der Waals surface area contributed by atoms with Crippen molar-refractivity contribution in [2.45, 2.75) is 18.9 Å². The fourth-order valence-electron chi connectivity index (χ4n) is 3.98. The van der Waals surface area contributed by atoms with Crippen molar-refractivity contribution in [3.63, 3.8) is 0 Å². The van der Waals surface area contributed by atoms with Crippen LogP contribution in [0.1, 0.15) is 23.3 Å². The maximum absolute atomic E-state index is 12.7. The number of fused-ring (bicyclic) bond motifs is 1. The molecular formula is C18H23ClN4O2. The summed E-state index contributed by atoms with van der Waals surface area (Å²) in [6, 6.07) is 9.69. The van der Waals surface area contributed by atoms with E-state index in [1.165, 1.54) is 0 Å². The Balaban J connectivity index is 0.00000182. The number of likely N-dealkylation sites (tertiary alicyclic amines) is 1. The van der Waals surface area contributed by atoms with Gasteiger partial charge in [-0.3, -0.25) is 9.89 Å². The van der Waals surface area contributed by atoms with Crippen LogP contribution in [-0.2, 0) is 0 Å². The van der Waals surface area contributed by atoms with Gasteiger partial charge < -0.3 is 15.4 Å². The molecule has 1 aromatic heterocycles. The molecule has 0 spiro atoms. The van der Waals surface area contributed by atoms with Crippen molar-refractivity contribution in [2.24, 2.45) is 17.6 Å². The molecule has 3 atom stereocenters. The summed E-state index contributed by atoms with van der Waals surface area (Å²) in [4.78, 5) is 14.6. The molecule has 6 nitrogen and oxygen atoms in total. The second kappa shape index (κ2) is 7.06. The predicted molar refractivity (Wildman–Crippen MR) is 97.9 cm³/mol. The molecule has 1 saturated heterocycles. The van der Waals surface area contributed by atoms with Crippen molar-refractivity contribution in [3.05, 3.63) is 36.0 Å². The Labute approximate surface area is 153 Å². The molecule has 4 rings (SSSR count).